The molecule has 78 valence electrons. The van der Waals surface area contributed by atoms with E-state index in [4.69, 9.17) is 5.73 Å². The van der Waals surface area contributed by atoms with Gasteiger partial charge in [-0.1, -0.05) is 52.0 Å². The first-order valence-corrected chi connectivity index (χ1v) is 5.25. The van der Waals surface area contributed by atoms with Crippen LogP contribution in [0.1, 0.15) is 44.7 Å². The summed E-state index contributed by atoms with van der Waals surface area (Å²) in [6.07, 6.45) is 0. The highest BCUT2D eigenvalue weighted by Crippen LogP contribution is 2.24. The van der Waals surface area contributed by atoms with Gasteiger partial charge in [0.25, 0.3) is 0 Å². The molecule has 14 heavy (non-hydrogen) atoms. The van der Waals surface area contributed by atoms with Gasteiger partial charge in [-0.25, -0.2) is 0 Å². The number of rotatable bonds is 2. The van der Waals surface area contributed by atoms with Crippen molar-refractivity contribution in [2.24, 2.45) is 5.73 Å². The summed E-state index contributed by atoms with van der Waals surface area (Å²) in [5, 5.41) is 0. The maximum Gasteiger partial charge on any atom is -0.00109 e. The van der Waals surface area contributed by atoms with E-state index in [-0.39, 0.29) is 5.41 Å². The van der Waals surface area contributed by atoms with Crippen molar-refractivity contribution in [3.05, 3.63) is 35.4 Å². The van der Waals surface area contributed by atoms with Crippen molar-refractivity contribution < 1.29 is 0 Å². The summed E-state index contributed by atoms with van der Waals surface area (Å²) in [4.78, 5) is 0. The molecule has 1 aromatic carbocycles. The second-order valence-corrected chi connectivity index (χ2v) is 5.01. The van der Waals surface area contributed by atoms with Gasteiger partial charge in [0.15, 0.2) is 0 Å². The lowest BCUT2D eigenvalue weighted by Gasteiger charge is -2.20. The predicted molar refractivity (Wildman–Crippen MR) is 62.6 cm³/mol. The van der Waals surface area contributed by atoms with Crippen molar-refractivity contribution in [3.63, 3.8) is 0 Å². The average Bonchev–Trinajstić information content (AvgIpc) is 2.15. The Morgan fingerprint density at radius 3 is 2.00 bits per heavy atom. The quantitative estimate of drug-likeness (QED) is 0.764. The predicted octanol–water partition coefficient (Wildman–Crippen LogP) is 3.05. The van der Waals surface area contributed by atoms with Gasteiger partial charge in [0.05, 0.1) is 0 Å². The molecule has 0 amide bonds. The number of hydrogen-bond donors (Lipinski definition) is 1. The molecule has 0 heterocycles. The number of nitrogens with two attached hydrogens (primary N) is 1. The highest BCUT2D eigenvalue weighted by Gasteiger charge is 2.13. The molecule has 1 heteroatoms. The van der Waals surface area contributed by atoms with Crippen LogP contribution in [-0.4, -0.2) is 6.54 Å². The van der Waals surface area contributed by atoms with Crippen LogP contribution in [0.4, 0.5) is 0 Å². The third-order valence-corrected chi connectivity index (χ3v) is 2.70. The van der Waals surface area contributed by atoms with Crippen LogP contribution in [0.5, 0.6) is 0 Å². The second-order valence-electron chi connectivity index (χ2n) is 5.01. The van der Waals surface area contributed by atoms with E-state index in [1.165, 1.54) is 11.1 Å². The van der Waals surface area contributed by atoms with Crippen molar-refractivity contribution in [1.29, 1.82) is 0 Å². The van der Waals surface area contributed by atoms with Crippen LogP contribution < -0.4 is 5.73 Å². The third-order valence-electron chi connectivity index (χ3n) is 2.70. The van der Waals surface area contributed by atoms with E-state index in [2.05, 4.69) is 52.0 Å². The zero-order valence-corrected chi connectivity index (χ0v) is 9.67. The van der Waals surface area contributed by atoms with Crippen molar-refractivity contribution in [3.8, 4) is 0 Å². The fourth-order valence-corrected chi connectivity index (χ4v) is 1.45. The number of benzene rings is 1. The molecule has 0 saturated carbocycles. The van der Waals surface area contributed by atoms with Gasteiger partial charge < -0.3 is 5.73 Å². The van der Waals surface area contributed by atoms with Gasteiger partial charge in [-0.3, -0.25) is 0 Å². The molecule has 0 aromatic heterocycles. The fraction of sp³-hybridized carbons (Fsp3) is 0.538. The van der Waals surface area contributed by atoms with Crippen LogP contribution in [0.15, 0.2) is 24.3 Å². The van der Waals surface area contributed by atoms with Gasteiger partial charge in [0, 0.05) is 0 Å². The molecule has 1 rings (SSSR count). The Bertz CT molecular complexity index is 279. The monoisotopic (exact) mass is 191 g/mol. The van der Waals surface area contributed by atoms with Gasteiger partial charge in [0.1, 0.15) is 0 Å². The maximum atomic E-state index is 5.63. The largest absolute Gasteiger partial charge is 0.330 e. The fourth-order valence-electron chi connectivity index (χ4n) is 1.45. The average molecular weight is 191 g/mol. The third kappa shape index (κ3) is 2.58. The first-order chi connectivity index (χ1) is 6.45. The Hall–Kier alpha value is -0.820. The highest BCUT2D eigenvalue weighted by atomic mass is 14.5. The van der Waals surface area contributed by atoms with Gasteiger partial charge >= 0.3 is 0 Å². The molecular weight excluding hydrogens is 170 g/mol. The Labute approximate surface area is 87.3 Å². The maximum absolute atomic E-state index is 5.63. The van der Waals surface area contributed by atoms with Crippen LogP contribution >= 0.6 is 0 Å². The SMILES string of the molecule is C[C@H](CN)c1ccc(C(C)(C)C)cc1. The van der Waals surface area contributed by atoms with E-state index >= 15 is 0 Å². The summed E-state index contributed by atoms with van der Waals surface area (Å²) in [5.41, 5.74) is 8.58. The number of hydrogen-bond acceptors (Lipinski definition) is 1. The molecule has 0 aliphatic heterocycles. The van der Waals surface area contributed by atoms with Gasteiger partial charge in [-0.2, -0.15) is 0 Å². The van der Waals surface area contributed by atoms with Crippen molar-refractivity contribution in [2.45, 2.75) is 39.0 Å². The highest BCUT2D eigenvalue weighted by molar-refractivity contribution is 5.29. The normalized spacial score (nSPS) is 14.1. The summed E-state index contributed by atoms with van der Waals surface area (Å²) in [6.45, 7) is 9.57. The van der Waals surface area contributed by atoms with E-state index < -0.39 is 0 Å². The molecule has 0 unspecified atom stereocenters. The van der Waals surface area contributed by atoms with E-state index in [1.54, 1.807) is 0 Å². The molecule has 0 fully saturated rings. The molecule has 1 atom stereocenters. The zero-order valence-electron chi connectivity index (χ0n) is 9.67. The van der Waals surface area contributed by atoms with Crippen LogP contribution in [0, 0.1) is 0 Å². The van der Waals surface area contributed by atoms with Crippen LogP contribution in [0.25, 0.3) is 0 Å². The molecule has 1 aromatic rings. The summed E-state index contributed by atoms with van der Waals surface area (Å²) in [5.74, 6) is 0.462. The Morgan fingerprint density at radius 1 is 1.14 bits per heavy atom. The first kappa shape index (κ1) is 11.3. The van der Waals surface area contributed by atoms with Crippen molar-refractivity contribution in [1.82, 2.24) is 0 Å². The Kier molecular flexibility index (Phi) is 3.33. The Morgan fingerprint density at radius 2 is 1.64 bits per heavy atom. The lowest BCUT2D eigenvalue weighted by molar-refractivity contribution is 0.589. The van der Waals surface area contributed by atoms with Gasteiger partial charge in [-0.15, -0.1) is 0 Å². The van der Waals surface area contributed by atoms with Crippen LogP contribution in [0.2, 0.25) is 0 Å². The van der Waals surface area contributed by atoms with Crippen molar-refractivity contribution >= 4 is 0 Å². The second kappa shape index (κ2) is 4.14. The molecule has 0 spiro atoms. The molecule has 2 N–H and O–H groups in total. The van der Waals surface area contributed by atoms with Crippen molar-refractivity contribution in [2.75, 3.05) is 6.54 Å². The van der Waals surface area contributed by atoms with E-state index in [9.17, 15) is 0 Å². The minimum atomic E-state index is 0.241. The van der Waals surface area contributed by atoms with E-state index in [0.717, 1.165) is 6.54 Å². The summed E-state index contributed by atoms with van der Waals surface area (Å²) in [6, 6.07) is 8.80. The minimum Gasteiger partial charge on any atom is -0.330 e. The van der Waals surface area contributed by atoms with Gasteiger partial charge in [-0.05, 0) is 29.0 Å². The Balaban J connectivity index is 2.89. The van der Waals surface area contributed by atoms with E-state index in [1.807, 2.05) is 0 Å². The molecule has 0 aliphatic carbocycles. The molecule has 0 aliphatic rings. The van der Waals surface area contributed by atoms with Crippen LogP contribution in [-0.2, 0) is 5.41 Å². The molecule has 1 nitrogen and oxygen atoms in total. The smallest absolute Gasteiger partial charge is 0.00109 e. The summed E-state index contributed by atoms with van der Waals surface area (Å²) in [7, 11) is 0. The lowest BCUT2D eigenvalue weighted by Crippen LogP contribution is -2.12. The lowest BCUT2D eigenvalue weighted by atomic mass is 9.86. The summed E-state index contributed by atoms with van der Waals surface area (Å²) >= 11 is 0. The first-order valence-electron chi connectivity index (χ1n) is 5.25. The zero-order chi connectivity index (χ0) is 10.8. The van der Waals surface area contributed by atoms with Crippen LogP contribution in [0.3, 0.4) is 0 Å². The minimum absolute atomic E-state index is 0.241. The topological polar surface area (TPSA) is 26.0 Å². The van der Waals surface area contributed by atoms with Gasteiger partial charge in [0.2, 0.25) is 0 Å². The molecule has 0 saturated heterocycles. The molecule has 0 radical (unpaired) electrons. The summed E-state index contributed by atoms with van der Waals surface area (Å²) < 4.78 is 0. The van der Waals surface area contributed by atoms with E-state index in [0.29, 0.717) is 5.92 Å². The standard InChI is InChI=1S/C13H21N/c1-10(9-14)11-5-7-12(8-6-11)13(2,3)4/h5-8,10H,9,14H2,1-4H3/t10-/m1/s1. The molecule has 0 bridgehead atoms. The molecular formula is C13H21N.